The van der Waals surface area contributed by atoms with Crippen LogP contribution in [0.25, 0.3) is 5.69 Å². The fourth-order valence-corrected chi connectivity index (χ4v) is 1.64. The van der Waals surface area contributed by atoms with Crippen molar-refractivity contribution < 1.29 is 14.8 Å². The van der Waals surface area contributed by atoms with Crippen molar-refractivity contribution >= 4 is 12.6 Å². The zero-order valence-electron chi connectivity index (χ0n) is 9.66. The van der Waals surface area contributed by atoms with Gasteiger partial charge in [0.1, 0.15) is 5.75 Å². The lowest BCUT2D eigenvalue weighted by Gasteiger charge is -2.10. The number of hydrogen-bond donors (Lipinski definition) is 2. The molecule has 17 heavy (non-hydrogen) atoms. The summed E-state index contributed by atoms with van der Waals surface area (Å²) in [5.74, 6) is 0.434. The Balaban J connectivity index is 2.44. The molecule has 88 valence electrons. The molecule has 1 heterocycles. The maximum atomic E-state index is 9.16. The monoisotopic (exact) mass is 232 g/mol. The minimum Gasteiger partial charge on any atom is -0.497 e. The van der Waals surface area contributed by atoms with E-state index in [2.05, 4.69) is 4.98 Å². The third-order valence-corrected chi connectivity index (χ3v) is 2.51. The number of aryl methyl sites for hydroxylation is 1. The molecule has 0 bridgehead atoms. The molecule has 6 heteroatoms. The van der Waals surface area contributed by atoms with E-state index in [4.69, 9.17) is 14.8 Å². The van der Waals surface area contributed by atoms with Crippen molar-refractivity contribution in [2.75, 3.05) is 7.11 Å². The Kier molecular flexibility index (Phi) is 3.17. The summed E-state index contributed by atoms with van der Waals surface area (Å²) in [6.45, 7) is 1.90. The van der Waals surface area contributed by atoms with Gasteiger partial charge in [0.25, 0.3) is 0 Å². The maximum absolute atomic E-state index is 9.16. The minimum atomic E-state index is -1.54. The highest BCUT2D eigenvalue weighted by Gasteiger charge is 2.17. The third-order valence-electron chi connectivity index (χ3n) is 2.51. The number of hydrogen-bond acceptors (Lipinski definition) is 4. The van der Waals surface area contributed by atoms with Crippen LogP contribution in [0.5, 0.6) is 5.75 Å². The van der Waals surface area contributed by atoms with Crippen molar-refractivity contribution in [2.45, 2.75) is 6.92 Å². The molecule has 0 amide bonds. The van der Waals surface area contributed by atoms with Crippen LogP contribution in [-0.2, 0) is 0 Å². The lowest BCUT2D eigenvalue weighted by atomic mass is 9.79. The Labute approximate surface area is 99.5 Å². The van der Waals surface area contributed by atoms with Gasteiger partial charge in [0.05, 0.1) is 24.8 Å². The van der Waals surface area contributed by atoms with E-state index in [-0.39, 0.29) is 0 Å². The molecule has 0 aliphatic heterocycles. The van der Waals surface area contributed by atoms with Gasteiger partial charge in [0.2, 0.25) is 0 Å². The van der Waals surface area contributed by atoms with Crippen LogP contribution in [0, 0.1) is 6.92 Å². The van der Waals surface area contributed by atoms with E-state index in [0.717, 1.165) is 11.4 Å². The van der Waals surface area contributed by atoms with Crippen molar-refractivity contribution in [3.8, 4) is 11.4 Å². The molecule has 0 saturated carbocycles. The molecule has 1 aromatic carbocycles. The standard InChI is InChI=1S/C11H13BN2O3/c1-8-6-14(7-13-8)9-3-4-10(12(15)16)11(5-9)17-2/h3-7,15-16H,1-2H3. The van der Waals surface area contributed by atoms with Gasteiger partial charge in [-0.15, -0.1) is 0 Å². The molecule has 0 radical (unpaired) electrons. The second-order valence-corrected chi connectivity index (χ2v) is 3.72. The molecule has 2 aromatic rings. The molecule has 0 fully saturated rings. The van der Waals surface area contributed by atoms with E-state index in [0.29, 0.717) is 11.2 Å². The molecule has 0 aliphatic rings. The summed E-state index contributed by atoms with van der Waals surface area (Å²) in [6.07, 6.45) is 3.57. The Hall–Kier alpha value is -1.79. The van der Waals surface area contributed by atoms with Gasteiger partial charge in [-0.3, -0.25) is 0 Å². The second-order valence-electron chi connectivity index (χ2n) is 3.72. The predicted octanol–water partition coefficient (Wildman–Crippen LogP) is -0.131. The Morgan fingerprint density at radius 3 is 2.65 bits per heavy atom. The number of rotatable bonds is 3. The highest BCUT2D eigenvalue weighted by Crippen LogP contribution is 2.15. The highest BCUT2D eigenvalue weighted by molar-refractivity contribution is 6.59. The smallest absolute Gasteiger partial charge is 0.492 e. The van der Waals surface area contributed by atoms with Crippen LogP contribution in [0.3, 0.4) is 0 Å². The van der Waals surface area contributed by atoms with E-state index < -0.39 is 7.12 Å². The van der Waals surface area contributed by atoms with E-state index in [1.807, 2.05) is 17.7 Å². The Bertz CT molecular complexity index is 525. The Morgan fingerprint density at radius 1 is 1.35 bits per heavy atom. The number of benzene rings is 1. The van der Waals surface area contributed by atoms with Crippen LogP contribution in [-0.4, -0.2) is 33.8 Å². The Morgan fingerprint density at radius 2 is 2.12 bits per heavy atom. The zero-order chi connectivity index (χ0) is 12.4. The normalized spacial score (nSPS) is 10.4. The van der Waals surface area contributed by atoms with Crippen LogP contribution in [0.1, 0.15) is 5.69 Å². The molecule has 0 atom stereocenters. The average Bonchev–Trinajstić information content (AvgIpc) is 2.75. The summed E-state index contributed by atoms with van der Waals surface area (Å²) < 4.78 is 6.96. The first-order valence-electron chi connectivity index (χ1n) is 5.17. The van der Waals surface area contributed by atoms with Crippen LogP contribution in [0.4, 0.5) is 0 Å². The largest absolute Gasteiger partial charge is 0.497 e. The van der Waals surface area contributed by atoms with Gasteiger partial charge >= 0.3 is 7.12 Å². The summed E-state index contributed by atoms with van der Waals surface area (Å²) in [5, 5.41) is 18.3. The first kappa shape index (κ1) is 11.7. The first-order chi connectivity index (χ1) is 8.11. The van der Waals surface area contributed by atoms with Crippen molar-refractivity contribution in [1.29, 1.82) is 0 Å². The summed E-state index contributed by atoms with van der Waals surface area (Å²) in [7, 11) is -0.0482. The fourth-order valence-electron chi connectivity index (χ4n) is 1.64. The van der Waals surface area contributed by atoms with Crippen LogP contribution < -0.4 is 10.2 Å². The van der Waals surface area contributed by atoms with Crippen molar-refractivity contribution in [1.82, 2.24) is 9.55 Å². The van der Waals surface area contributed by atoms with E-state index in [1.165, 1.54) is 7.11 Å². The van der Waals surface area contributed by atoms with E-state index in [9.17, 15) is 0 Å². The molecule has 0 aliphatic carbocycles. The van der Waals surface area contributed by atoms with Gasteiger partial charge in [-0.2, -0.15) is 0 Å². The number of aromatic nitrogens is 2. The number of methoxy groups -OCH3 is 1. The molecule has 2 N–H and O–H groups in total. The van der Waals surface area contributed by atoms with Crippen LogP contribution in [0.15, 0.2) is 30.7 Å². The summed E-state index contributed by atoms with van der Waals surface area (Å²) in [5.41, 5.74) is 2.11. The third kappa shape index (κ3) is 2.32. The van der Waals surface area contributed by atoms with Crippen molar-refractivity contribution in [2.24, 2.45) is 0 Å². The van der Waals surface area contributed by atoms with Gasteiger partial charge < -0.3 is 19.4 Å². The molecule has 5 nitrogen and oxygen atoms in total. The molecule has 0 spiro atoms. The van der Waals surface area contributed by atoms with Gasteiger partial charge in [-0.1, -0.05) is 6.07 Å². The minimum absolute atomic E-state index is 0.341. The second kappa shape index (κ2) is 4.61. The zero-order valence-corrected chi connectivity index (χ0v) is 9.66. The molecule has 1 aromatic heterocycles. The SMILES string of the molecule is COc1cc(-n2cnc(C)c2)ccc1B(O)O. The number of nitrogens with zero attached hydrogens (tertiary/aromatic N) is 2. The fraction of sp³-hybridized carbons (Fsp3) is 0.182. The molecule has 0 saturated heterocycles. The number of ether oxygens (including phenoxy) is 1. The topological polar surface area (TPSA) is 67.5 Å². The highest BCUT2D eigenvalue weighted by atomic mass is 16.5. The molecule has 2 rings (SSSR count). The lowest BCUT2D eigenvalue weighted by Crippen LogP contribution is -2.31. The summed E-state index contributed by atoms with van der Waals surface area (Å²) in [6, 6.07) is 5.13. The summed E-state index contributed by atoms with van der Waals surface area (Å²) >= 11 is 0. The van der Waals surface area contributed by atoms with Crippen LogP contribution >= 0.6 is 0 Å². The van der Waals surface area contributed by atoms with Gasteiger partial charge in [-0.05, 0) is 13.0 Å². The molecular weight excluding hydrogens is 219 g/mol. The van der Waals surface area contributed by atoms with Crippen molar-refractivity contribution in [3.63, 3.8) is 0 Å². The molecular formula is C11H13BN2O3. The maximum Gasteiger partial charge on any atom is 0.492 e. The average molecular weight is 232 g/mol. The lowest BCUT2D eigenvalue weighted by molar-refractivity contribution is 0.403. The van der Waals surface area contributed by atoms with Gasteiger partial charge in [0.15, 0.2) is 0 Å². The van der Waals surface area contributed by atoms with Crippen molar-refractivity contribution in [3.05, 3.63) is 36.4 Å². The van der Waals surface area contributed by atoms with Gasteiger partial charge in [-0.25, -0.2) is 4.98 Å². The number of imidazole rings is 1. The quantitative estimate of drug-likeness (QED) is 0.723. The predicted molar refractivity (Wildman–Crippen MR) is 64.7 cm³/mol. The van der Waals surface area contributed by atoms with Gasteiger partial charge in [0, 0.05) is 17.7 Å². The van der Waals surface area contributed by atoms with Crippen LogP contribution in [0.2, 0.25) is 0 Å². The van der Waals surface area contributed by atoms with E-state index >= 15 is 0 Å². The summed E-state index contributed by atoms with van der Waals surface area (Å²) in [4.78, 5) is 4.13. The van der Waals surface area contributed by atoms with E-state index in [1.54, 1.807) is 24.5 Å². The molecule has 0 unspecified atom stereocenters. The first-order valence-corrected chi connectivity index (χ1v) is 5.17.